The Labute approximate surface area is 113 Å². The van der Waals surface area contributed by atoms with Crippen LogP contribution in [-0.4, -0.2) is 59.8 Å². The topological polar surface area (TPSA) is 78.9 Å². The Balaban J connectivity index is 2.08. The molecule has 1 amide bonds. The minimum absolute atomic E-state index is 0.0155. The second-order valence-electron chi connectivity index (χ2n) is 5.54. The number of piperidine rings is 1. The first-order chi connectivity index (χ1) is 9.03. The first-order valence-electron chi connectivity index (χ1n) is 6.88. The summed E-state index contributed by atoms with van der Waals surface area (Å²) < 4.78 is 5.31. The molecule has 0 aromatic rings. The van der Waals surface area contributed by atoms with Gasteiger partial charge in [-0.2, -0.15) is 0 Å². The van der Waals surface area contributed by atoms with Gasteiger partial charge in [-0.1, -0.05) is 0 Å². The van der Waals surface area contributed by atoms with E-state index in [9.17, 15) is 9.59 Å². The standard InChI is InChI=1S/C13H22N2O4/c1-13(4-2-3-5-14-13)12(18)15-6-7-19-9-10(15)8-11(16)17/h10,14H,2-9H2,1H3,(H,16,17). The quantitative estimate of drug-likeness (QED) is 0.767. The average molecular weight is 270 g/mol. The van der Waals surface area contributed by atoms with Crippen molar-refractivity contribution >= 4 is 11.9 Å². The van der Waals surface area contributed by atoms with E-state index in [1.807, 2.05) is 6.92 Å². The number of hydrogen-bond donors (Lipinski definition) is 2. The number of nitrogens with zero attached hydrogens (tertiary/aromatic N) is 1. The van der Waals surface area contributed by atoms with Crippen molar-refractivity contribution in [2.24, 2.45) is 0 Å². The van der Waals surface area contributed by atoms with Crippen molar-refractivity contribution in [2.45, 2.75) is 44.2 Å². The Morgan fingerprint density at radius 3 is 2.89 bits per heavy atom. The molecule has 0 bridgehead atoms. The number of carboxylic acids is 1. The molecule has 6 heteroatoms. The van der Waals surface area contributed by atoms with E-state index >= 15 is 0 Å². The number of hydrogen-bond acceptors (Lipinski definition) is 4. The molecule has 0 saturated carbocycles. The van der Waals surface area contributed by atoms with E-state index in [4.69, 9.17) is 9.84 Å². The van der Waals surface area contributed by atoms with Crippen LogP contribution in [0, 0.1) is 0 Å². The highest BCUT2D eigenvalue weighted by molar-refractivity contribution is 5.87. The maximum Gasteiger partial charge on any atom is 0.305 e. The summed E-state index contributed by atoms with van der Waals surface area (Å²) in [6.45, 7) is 4.04. The largest absolute Gasteiger partial charge is 0.481 e. The van der Waals surface area contributed by atoms with Crippen LogP contribution in [0.3, 0.4) is 0 Å². The van der Waals surface area contributed by atoms with Gasteiger partial charge in [-0.05, 0) is 32.7 Å². The number of ether oxygens (including phenoxy) is 1. The van der Waals surface area contributed by atoms with Gasteiger partial charge < -0.3 is 20.1 Å². The number of carbonyl (C=O) groups excluding carboxylic acids is 1. The Hall–Kier alpha value is -1.14. The van der Waals surface area contributed by atoms with E-state index in [1.165, 1.54) is 0 Å². The number of carbonyl (C=O) groups is 2. The van der Waals surface area contributed by atoms with Gasteiger partial charge in [-0.3, -0.25) is 9.59 Å². The fourth-order valence-electron chi connectivity index (χ4n) is 2.85. The second-order valence-corrected chi connectivity index (χ2v) is 5.54. The Bertz CT molecular complexity index is 353. The third-order valence-corrected chi connectivity index (χ3v) is 3.99. The molecule has 6 nitrogen and oxygen atoms in total. The van der Waals surface area contributed by atoms with Crippen LogP contribution in [-0.2, 0) is 14.3 Å². The van der Waals surface area contributed by atoms with Crippen molar-refractivity contribution < 1.29 is 19.4 Å². The van der Waals surface area contributed by atoms with Gasteiger partial charge in [0, 0.05) is 6.54 Å². The Morgan fingerprint density at radius 2 is 2.26 bits per heavy atom. The van der Waals surface area contributed by atoms with Gasteiger partial charge in [0.05, 0.1) is 31.2 Å². The van der Waals surface area contributed by atoms with Crippen LogP contribution in [0.4, 0.5) is 0 Å². The van der Waals surface area contributed by atoms with Crippen LogP contribution in [0.15, 0.2) is 0 Å². The van der Waals surface area contributed by atoms with Crippen molar-refractivity contribution in [1.82, 2.24) is 10.2 Å². The van der Waals surface area contributed by atoms with E-state index < -0.39 is 11.5 Å². The SMILES string of the molecule is CC1(C(=O)N2CCOCC2CC(=O)O)CCCCN1. The Kier molecular flexibility index (Phi) is 4.42. The molecular formula is C13H22N2O4. The van der Waals surface area contributed by atoms with Crippen LogP contribution in [0.2, 0.25) is 0 Å². The highest BCUT2D eigenvalue weighted by atomic mass is 16.5. The molecule has 2 aliphatic heterocycles. The zero-order chi connectivity index (χ0) is 13.9. The van der Waals surface area contributed by atoms with Crippen molar-refractivity contribution in [1.29, 1.82) is 0 Å². The smallest absolute Gasteiger partial charge is 0.305 e. The zero-order valence-electron chi connectivity index (χ0n) is 11.4. The van der Waals surface area contributed by atoms with Gasteiger partial charge in [-0.15, -0.1) is 0 Å². The van der Waals surface area contributed by atoms with E-state index in [1.54, 1.807) is 4.90 Å². The molecule has 2 rings (SSSR count). The summed E-state index contributed by atoms with van der Waals surface area (Å²) in [7, 11) is 0. The van der Waals surface area contributed by atoms with Gasteiger partial charge in [0.2, 0.25) is 5.91 Å². The van der Waals surface area contributed by atoms with Gasteiger partial charge in [-0.25, -0.2) is 0 Å². The van der Waals surface area contributed by atoms with Gasteiger partial charge in [0.1, 0.15) is 0 Å². The molecule has 0 aromatic carbocycles. The number of morpholine rings is 1. The first-order valence-corrected chi connectivity index (χ1v) is 6.88. The predicted octanol–water partition coefficient (Wildman–Crippen LogP) is 0.221. The van der Waals surface area contributed by atoms with Crippen LogP contribution in [0.25, 0.3) is 0 Å². The fourth-order valence-corrected chi connectivity index (χ4v) is 2.85. The third-order valence-electron chi connectivity index (χ3n) is 3.99. The molecule has 108 valence electrons. The van der Waals surface area contributed by atoms with Crippen LogP contribution in [0.5, 0.6) is 0 Å². The Morgan fingerprint density at radius 1 is 1.47 bits per heavy atom. The molecule has 19 heavy (non-hydrogen) atoms. The summed E-state index contributed by atoms with van der Waals surface area (Å²) >= 11 is 0. The number of rotatable bonds is 3. The van der Waals surface area contributed by atoms with Crippen LogP contribution in [0.1, 0.15) is 32.6 Å². The van der Waals surface area contributed by atoms with Crippen molar-refractivity contribution in [2.75, 3.05) is 26.3 Å². The molecule has 2 N–H and O–H groups in total. The summed E-state index contributed by atoms with van der Waals surface area (Å²) in [5.74, 6) is -0.878. The van der Waals surface area contributed by atoms with Crippen LogP contribution < -0.4 is 5.32 Å². The molecule has 0 aliphatic carbocycles. The van der Waals surface area contributed by atoms with E-state index in [0.29, 0.717) is 19.8 Å². The van der Waals surface area contributed by atoms with Crippen molar-refractivity contribution in [3.05, 3.63) is 0 Å². The molecule has 0 radical (unpaired) electrons. The lowest BCUT2D eigenvalue weighted by Gasteiger charge is -2.42. The normalized spacial score (nSPS) is 32.1. The lowest BCUT2D eigenvalue weighted by atomic mass is 9.88. The highest BCUT2D eigenvalue weighted by Gasteiger charge is 2.41. The minimum Gasteiger partial charge on any atom is -0.481 e. The molecule has 0 spiro atoms. The summed E-state index contributed by atoms with van der Waals surface area (Å²) in [4.78, 5) is 25.3. The van der Waals surface area contributed by atoms with E-state index in [0.717, 1.165) is 25.8 Å². The monoisotopic (exact) mass is 270 g/mol. The highest BCUT2D eigenvalue weighted by Crippen LogP contribution is 2.24. The molecule has 2 heterocycles. The summed E-state index contributed by atoms with van der Waals surface area (Å²) in [5.41, 5.74) is -0.549. The molecular weight excluding hydrogens is 248 g/mol. The number of nitrogens with one attached hydrogen (secondary N) is 1. The lowest BCUT2D eigenvalue weighted by molar-refractivity contribution is -0.151. The summed E-state index contributed by atoms with van der Waals surface area (Å²) in [6.07, 6.45) is 2.87. The number of aliphatic carboxylic acids is 1. The average Bonchev–Trinajstić information content (AvgIpc) is 2.39. The van der Waals surface area contributed by atoms with Gasteiger partial charge in [0.25, 0.3) is 0 Å². The fraction of sp³-hybridized carbons (Fsp3) is 0.846. The molecule has 2 saturated heterocycles. The van der Waals surface area contributed by atoms with Gasteiger partial charge >= 0.3 is 5.97 Å². The molecule has 2 fully saturated rings. The molecule has 2 unspecified atom stereocenters. The minimum atomic E-state index is -0.893. The van der Waals surface area contributed by atoms with Gasteiger partial charge in [0.15, 0.2) is 0 Å². The van der Waals surface area contributed by atoms with E-state index in [-0.39, 0.29) is 18.4 Å². The summed E-state index contributed by atoms with van der Waals surface area (Å²) in [5, 5.41) is 12.2. The van der Waals surface area contributed by atoms with Crippen molar-refractivity contribution in [3.8, 4) is 0 Å². The summed E-state index contributed by atoms with van der Waals surface area (Å²) in [6, 6.07) is -0.348. The third kappa shape index (κ3) is 3.25. The second kappa shape index (κ2) is 5.88. The predicted molar refractivity (Wildman–Crippen MR) is 68.8 cm³/mol. The van der Waals surface area contributed by atoms with Crippen LogP contribution >= 0.6 is 0 Å². The number of carboxylic acid groups (broad SMARTS) is 1. The van der Waals surface area contributed by atoms with E-state index in [2.05, 4.69) is 5.32 Å². The molecule has 2 atom stereocenters. The number of amides is 1. The first kappa shape index (κ1) is 14.3. The zero-order valence-corrected chi connectivity index (χ0v) is 11.4. The maximum absolute atomic E-state index is 12.7. The maximum atomic E-state index is 12.7. The molecule has 2 aliphatic rings. The van der Waals surface area contributed by atoms with Crippen molar-refractivity contribution in [3.63, 3.8) is 0 Å². The lowest BCUT2D eigenvalue weighted by Crippen LogP contribution is -2.62. The molecule has 0 aromatic heterocycles.